The monoisotopic (exact) mass is 237 g/mol. The van der Waals surface area contributed by atoms with Crippen LogP contribution in [0.4, 0.5) is 4.79 Å². The van der Waals surface area contributed by atoms with Crippen LogP contribution in [0.1, 0.15) is 39.5 Å². The summed E-state index contributed by atoms with van der Waals surface area (Å²) in [5, 5.41) is 2.76. The number of carbonyl (C=O) groups is 1. The second-order valence-corrected chi connectivity index (χ2v) is 5.52. The van der Waals surface area contributed by atoms with E-state index >= 15 is 0 Å². The number of nitrogens with one attached hydrogen (secondary N) is 1. The molecule has 1 amide bonds. The van der Waals surface area contributed by atoms with Gasteiger partial charge in [0.15, 0.2) is 0 Å². The minimum atomic E-state index is -0.266. The SMILES string of the molecule is CC(C)NC(=O)OCC1[C@H]2CC/C=C\CC[C@@H]12. The first-order valence-electron chi connectivity index (χ1n) is 6.76. The highest BCUT2D eigenvalue weighted by Gasteiger charge is 2.49. The number of alkyl carbamates (subject to hydrolysis) is 1. The largest absolute Gasteiger partial charge is 0.449 e. The smallest absolute Gasteiger partial charge is 0.407 e. The van der Waals surface area contributed by atoms with Crippen LogP contribution >= 0.6 is 0 Å². The number of carbonyl (C=O) groups excluding carboxylic acids is 1. The van der Waals surface area contributed by atoms with Gasteiger partial charge in [-0.3, -0.25) is 0 Å². The lowest BCUT2D eigenvalue weighted by molar-refractivity contribution is 0.135. The summed E-state index contributed by atoms with van der Waals surface area (Å²) in [6.07, 6.45) is 9.22. The highest BCUT2D eigenvalue weighted by molar-refractivity contribution is 5.67. The summed E-state index contributed by atoms with van der Waals surface area (Å²) in [6, 6.07) is 0.152. The second-order valence-electron chi connectivity index (χ2n) is 5.52. The minimum absolute atomic E-state index is 0.152. The van der Waals surface area contributed by atoms with E-state index in [2.05, 4.69) is 17.5 Å². The molecule has 0 aromatic carbocycles. The molecule has 96 valence electrons. The molecule has 0 spiro atoms. The maximum Gasteiger partial charge on any atom is 0.407 e. The first-order valence-corrected chi connectivity index (χ1v) is 6.76. The van der Waals surface area contributed by atoms with E-state index in [1.807, 2.05) is 13.8 Å². The van der Waals surface area contributed by atoms with Crippen LogP contribution in [0.3, 0.4) is 0 Å². The predicted octanol–water partition coefficient (Wildman–Crippen LogP) is 3.11. The molecule has 0 aliphatic heterocycles. The molecule has 2 rings (SSSR count). The fraction of sp³-hybridized carbons (Fsp3) is 0.786. The zero-order chi connectivity index (χ0) is 12.3. The van der Waals surface area contributed by atoms with Gasteiger partial charge in [0, 0.05) is 6.04 Å². The van der Waals surface area contributed by atoms with Crippen LogP contribution in [-0.4, -0.2) is 18.7 Å². The van der Waals surface area contributed by atoms with Crippen molar-refractivity contribution in [2.75, 3.05) is 6.61 Å². The molecular weight excluding hydrogens is 214 g/mol. The first kappa shape index (κ1) is 12.5. The van der Waals surface area contributed by atoms with Crippen molar-refractivity contribution in [3.05, 3.63) is 12.2 Å². The lowest BCUT2D eigenvalue weighted by atomic mass is 10.1. The number of amides is 1. The molecule has 2 aliphatic rings. The van der Waals surface area contributed by atoms with Gasteiger partial charge in [-0.05, 0) is 57.3 Å². The molecule has 1 N–H and O–H groups in total. The van der Waals surface area contributed by atoms with Crippen LogP contribution in [0.15, 0.2) is 12.2 Å². The van der Waals surface area contributed by atoms with E-state index in [-0.39, 0.29) is 12.1 Å². The Morgan fingerprint density at radius 2 is 1.88 bits per heavy atom. The Hall–Kier alpha value is -0.990. The number of rotatable bonds is 3. The van der Waals surface area contributed by atoms with Crippen molar-refractivity contribution in [2.45, 2.75) is 45.6 Å². The van der Waals surface area contributed by atoms with E-state index in [1.54, 1.807) is 0 Å². The van der Waals surface area contributed by atoms with Crippen LogP contribution < -0.4 is 5.32 Å². The summed E-state index contributed by atoms with van der Waals surface area (Å²) in [5.41, 5.74) is 0. The summed E-state index contributed by atoms with van der Waals surface area (Å²) in [6.45, 7) is 4.49. The Morgan fingerprint density at radius 1 is 1.29 bits per heavy atom. The van der Waals surface area contributed by atoms with Crippen molar-refractivity contribution in [2.24, 2.45) is 17.8 Å². The van der Waals surface area contributed by atoms with Gasteiger partial charge >= 0.3 is 6.09 Å². The summed E-state index contributed by atoms with van der Waals surface area (Å²) >= 11 is 0. The van der Waals surface area contributed by atoms with Crippen molar-refractivity contribution in [1.29, 1.82) is 0 Å². The van der Waals surface area contributed by atoms with Crippen LogP contribution in [0.2, 0.25) is 0 Å². The molecule has 2 aliphatic carbocycles. The van der Waals surface area contributed by atoms with E-state index in [4.69, 9.17) is 4.74 Å². The van der Waals surface area contributed by atoms with E-state index < -0.39 is 0 Å². The van der Waals surface area contributed by atoms with Crippen LogP contribution in [-0.2, 0) is 4.74 Å². The molecule has 0 heterocycles. The molecule has 1 fully saturated rings. The fourth-order valence-corrected chi connectivity index (χ4v) is 2.89. The van der Waals surface area contributed by atoms with Gasteiger partial charge in [0.2, 0.25) is 0 Å². The normalized spacial score (nSPS) is 33.2. The average Bonchev–Trinajstić information content (AvgIpc) is 2.84. The number of hydrogen-bond donors (Lipinski definition) is 1. The van der Waals surface area contributed by atoms with E-state index in [0.29, 0.717) is 12.5 Å². The molecule has 0 radical (unpaired) electrons. The number of ether oxygens (including phenoxy) is 1. The maximum absolute atomic E-state index is 11.4. The van der Waals surface area contributed by atoms with Gasteiger partial charge in [-0.15, -0.1) is 0 Å². The van der Waals surface area contributed by atoms with Gasteiger partial charge < -0.3 is 10.1 Å². The third-order valence-corrected chi connectivity index (χ3v) is 3.82. The number of hydrogen-bond acceptors (Lipinski definition) is 2. The maximum atomic E-state index is 11.4. The Morgan fingerprint density at radius 3 is 2.41 bits per heavy atom. The fourth-order valence-electron chi connectivity index (χ4n) is 2.89. The molecule has 0 bridgehead atoms. The Kier molecular flexibility index (Phi) is 4.08. The molecule has 3 nitrogen and oxygen atoms in total. The van der Waals surface area contributed by atoms with Gasteiger partial charge in [-0.2, -0.15) is 0 Å². The molecule has 1 saturated carbocycles. The average molecular weight is 237 g/mol. The Labute approximate surface area is 104 Å². The molecule has 0 aromatic heterocycles. The van der Waals surface area contributed by atoms with Gasteiger partial charge in [0.05, 0.1) is 6.61 Å². The molecule has 0 saturated heterocycles. The highest BCUT2D eigenvalue weighted by Crippen LogP contribution is 2.52. The lowest BCUT2D eigenvalue weighted by Gasteiger charge is -2.09. The van der Waals surface area contributed by atoms with Crippen molar-refractivity contribution < 1.29 is 9.53 Å². The summed E-state index contributed by atoms with van der Waals surface area (Å²) in [7, 11) is 0. The number of allylic oxidation sites excluding steroid dienone is 2. The Bertz CT molecular complexity index is 283. The van der Waals surface area contributed by atoms with Gasteiger partial charge in [0.25, 0.3) is 0 Å². The lowest BCUT2D eigenvalue weighted by Crippen LogP contribution is -2.31. The van der Waals surface area contributed by atoms with E-state index in [1.165, 1.54) is 25.7 Å². The molecular formula is C14H23NO2. The van der Waals surface area contributed by atoms with Crippen LogP contribution in [0.5, 0.6) is 0 Å². The van der Waals surface area contributed by atoms with E-state index in [0.717, 1.165) is 11.8 Å². The third kappa shape index (κ3) is 3.48. The second kappa shape index (κ2) is 5.56. The topological polar surface area (TPSA) is 38.3 Å². The van der Waals surface area contributed by atoms with Crippen molar-refractivity contribution in [1.82, 2.24) is 5.32 Å². The quantitative estimate of drug-likeness (QED) is 0.766. The zero-order valence-electron chi connectivity index (χ0n) is 10.8. The van der Waals surface area contributed by atoms with E-state index in [9.17, 15) is 4.79 Å². The van der Waals surface area contributed by atoms with Crippen LogP contribution in [0, 0.1) is 17.8 Å². The highest BCUT2D eigenvalue weighted by atomic mass is 16.5. The standard InChI is InChI=1S/C14H23NO2/c1-10(2)15-14(16)17-9-13-11-7-5-3-4-6-8-12(11)13/h3-4,10-13H,5-9H2,1-2H3,(H,15,16)/b4-3-/t11-,12+,13?. The summed E-state index contributed by atoms with van der Waals surface area (Å²) in [4.78, 5) is 11.4. The van der Waals surface area contributed by atoms with Crippen molar-refractivity contribution in [3.8, 4) is 0 Å². The molecule has 1 unspecified atom stereocenters. The first-order chi connectivity index (χ1) is 8.18. The predicted molar refractivity (Wildman–Crippen MR) is 67.7 cm³/mol. The minimum Gasteiger partial charge on any atom is -0.449 e. The van der Waals surface area contributed by atoms with Crippen molar-refractivity contribution >= 4 is 6.09 Å². The Balaban J connectivity index is 1.69. The van der Waals surface area contributed by atoms with Gasteiger partial charge in [-0.1, -0.05) is 12.2 Å². The molecule has 3 heteroatoms. The molecule has 17 heavy (non-hydrogen) atoms. The molecule has 0 aromatic rings. The molecule has 3 atom stereocenters. The summed E-state index contributed by atoms with van der Waals surface area (Å²) < 4.78 is 5.28. The zero-order valence-corrected chi connectivity index (χ0v) is 10.8. The van der Waals surface area contributed by atoms with Gasteiger partial charge in [0.1, 0.15) is 0 Å². The summed E-state index contributed by atoms with van der Waals surface area (Å²) in [5.74, 6) is 2.21. The van der Waals surface area contributed by atoms with Crippen molar-refractivity contribution in [3.63, 3.8) is 0 Å². The third-order valence-electron chi connectivity index (χ3n) is 3.82. The van der Waals surface area contributed by atoms with Crippen LogP contribution in [0.25, 0.3) is 0 Å². The van der Waals surface area contributed by atoms with Gasteiger partial charge in [-0.25, -0.2) is 4.79 Å². The number of fused-ring (bicyclic) bond motifs is 1.